The van der Waals surface area contributed by atoms with Gasteiger partial charge in [0.05, 0.1) is 11.5 Å². The van der Waals surface area contributed by atoms with E-state index in [0.29, 0.717) is 24.3 Å². The number of rotatable bonds is 7. The average Bonchev–Trinajstić information content (AvgIpc) is 2.67. The van der Waals surface area contributed by atoms with Crippen LogP contribution in [0.5, 0.6) is 5.75 Å². The number of nitrogens with one attached hydrogen (secondary N) is 2. The summed E-state index contributed by atoms with van der Waals surface area (Å²) in [5, 5.41) is 25.5. The van der Waals surface area contributed by atoms with Gasteiger partial charge >= 0.3 is 13.1 Å². The van der Waals surface area contributed by atoms with Crippen LogP contribution in [0.3, 0.4) is 0 Å². The molecule has 1 fully saturated rings. The fourth-order valence-electron chi connectivity index (χ4n) is 3.93. The number of hydrogen-bond acceptors (Lipinski definition) is 6. The van der Waals surface area contributed by atoms with Gasteiger partial charge in [0, 0.05) is 19.5 Å². The molecule has 1 atom stereocenters. The van der Waals surface area contributed by atoms with E-state index in [2.05, 4.69) is 15.5 Å². The lowest BCUT2D eigenvalue weighted by molar-refractivity contribution is -0.122. The molecule has 2 aliphatic heterocycles. The maximum Gasteiger partial charge on any atom is 0.547 e. The average molecular weight is 389 g/mol. The number of aromatic carboxylic acids is 1. The quantitative estimate of drug-likeness (QED) is 0.491. The molecule has 1 aromatic carbocycles. The van der Waals surface area contributed by atoms with E-state index in [1.807, 2.05) is 7.05 Å². The number of hydrogen-bond donors (Lipinski definition) is 4. The molecule has 0 saturated carbocycles. The van der Waals surface area contributed by atoms with Crippen LogP contribution in [0.2, 0.25) is 0 Å². The summed E-state index contributed by atoms with van der Waals surface area (Å²) >= 11 is 0. The number of carboxylic acids is 1. The fourth-order valence-corrected chi connectivity index (χ4v) is 3.93. The summed E-state index contributed by atoms with van der Waals surface area (Å²) in [5.74, 6) is -1.26. The Morgan fingerprint density at radius 2 is 2.07 bits per heavy atom. The lowest BCUT2D eigenvalue weighted by Gasteiger charge is -2.32. The van der Waals surface area contributed by atoms with Crippen molar-refractivity contribution < 1.29 is 24.4 Å². The number of nitrogens with zero attached hydrogens (tertiary/aromatic N) is 1. The highest BCUT2D eigenvalue weighted by Gasteiger charge is 2.38. The first-order valence-corrected chi connectivity index (χ1v) is 9.84. The number of piperidine rings is 1. The maximum atomic E-state index is 12.5. The first-order valence-electron chi connectivity index (χ1n) is 9.84. The van der Waals surface area contributed by atoms with Gasteiger partial charge in [0.25, 0.3) is 0 Å². The fraction of sp³-hybridized carbons (Fsp3) is 0.579. The van der Waals surface area contributed by atoms with Crippen molar-refractivity contribution in [1.29, 1.82) is 0 Å². The minimum absolute atomic E-state index is 0.0198. The summed E-state index contributed by atoms with van der Waals surface area (Å²) in [4.78, 5) is 26.2. The van der Waals surface area contributed by atoms with E-state index < -0.39 is 19.0 Å². The van der Waals surface area contributed by atoms with Crippen molar-refractivity contribution in [3.8, 4) is 5.75 Å². The van der Waals surface area contributed by atoms with Crippen molar-refractivity contribution in [3.63, 3.8) is 0 Å². The van der Waals surface area contributed by atoms with E-state index in [4.69, 9.17) is 4.65 Å². The van der Waals surface area contributed by atoms with Crippen LogP contribution < -0.4 is 15.3 Å². The Morgan fingerprint density at radius 3 is 2.75 bits per heavy atom. The van der Waals surface area contributed by atoms with Gasteiger partial charge in [-0.15, -0.1) is 0 Å². The first-order chi connectivity index (χ1) is 13.5. The second kappa shape index (κ2) is 9.40. The number of amides is 1. The van der Waals surface area contributed by atoms with Crippen LogP contribution in [0.4, 0.5) is 0 Å². The molecule has 1 aromatic rings. The summed E-state index contributed by atoms with van der Waals surface area (Å²) in [5.41, 5.74) is 0.694. The van der Waals surface area contributed by atoms with Crippen molar-refractivity contribution in [3.05, 3.63) is 29.3 Å². The molecule has 0 aromatic heterocycles. The number of carbonyl (C=O) groups is 2. The van der Waals surface area contributed by atoms with Gasteiger partial charge in [-0.25, -0.2) is 4.79 Å². The number of benzene rings is 1. The van der Waals surface area contributed by atoms with Crippen LogP contribution in [0.15, 0.2) is 18.2 Å². The van der Waals surface area contributed by atoms with Crippen molar-refractivity contribution in [2.45, 2.75) is 31.6 Å². The summed E-state index contributed by atoms with van der Waals surface area (Å²) < 4.78 is 5.43. The highest BCUT2D eigenvalue weighted by atomic mass is 16.5. The number of fused-ring (bicyclic) bond motifs is 1. The predicted molar refractivity (Wildman–Crippen MR) is 105 cm³/mol. The van der Waals surface area contributed by atoms with Crippen LogP contribution in [-0.2, 0) is 11.2 Å². The van der Waals surface area contributed by atoms with Crippen LogP contribution in [-0.4, -0.2) is 73.2 Å². The van der Waals surface area contributed by atoms with Crippen LogP contribution in [0, 0.1) is 5.92 Å². The lowest BCUT2D eigenvalue weighted by atomic mass is 9.72. The van der Waals surface area contributed by atoms with Gasteiger partial charge in [0.1, 0.15) is 5.75 Å². The molecule has 0 spiro atoms. The molecule has 0 unspecified atom stereocenters. The highest BCUT2D eigenvalue weighted by Crippen LogP contribution is 2.30. The highest BCUT2D eigenvalue weighted by molar-refractivity contribution is 6.47. The van der Waals surface area contributed by atoms with Crippen LogP contribution in [0.1, 0.15) is 35.2 Å². The number of likely N-dealkylation sites (tertiary alicyclic amines) is 1. The third-order valence-electron chi connectivity index (χ3n) is 5.56. The predicted octanol–water partition coefficient (Wildman–Crippen LogP) is 0.146. The third-order valence-corrected chi connectivity index (χ3v) is 5.56. The summed E-state index contributed by atoms with van der Waals surface area (Å²) in [6.07, 6.45) is 2.76. The van der Waals surface area contributed by atoms with E-state index in [0.717, 1.165) is 39.0 Å². The Balaban J connectivity index is 1.51. The zero-order valence-corrected chi connectivity index (χ0v) is 16.2. The van der Waals surface area contributed by atoms with E-state index in [1.165, 1.54) is 6.07 Å². The number of carbonyl (C=O) groups excluding carboxylic acids is 1. The van der Waals surface area contributed by atoms with E-state index in [9.17, 15) is 19.7 Å². The Kier molecular flexibility index (Phi) is 6.93. The molecule has 0 radical (unpaired) electrons. The molecule has 0 bridgehead atoms. The molecule has 9 heteroatoms. The van der Waals surface area contributed by atoms with Gasteiger partial charge in [-0.2, -0.15) is 0 Å². The summed E-state index contributed by atoms with van der Waals surface area (Å²) in [6, 6.07) is 4.84. The molecule has 2 heterocycles. The Morgan fingerprint density at radius 1 is 1.32 bits per heavy atom. The Hall–Kier alpha value is -2.10. The molecule has 152 valence electrons. The molecule has 28 heavy (non-hydrogen) atoms. The second-order valence-electron chi connectivity index (χ2n) is 7.58. The molecule has 1 amide bonds. The molecule has 4 N–H and O–H groups in total. The van der Waals surface area contributed by atoms with Gasteiger partial charge in [0.15, 0.2) is 0 Å². The topological polar surface area (TPSA) is 111 Å². The summed E-state index contributed by atoms with van der Waals surface area (Å²) in [6.45, 7) is 3.99. The second-order valence-corrected chi connectivity index (χ2v) is 7.58. The van der Waals surface area contributed by atoms with Crippen molar-refractivity contribution in [1.82, 2.24) is 15.5 Å². The molecule has 1 saturated heterocycles. The van der Waals surface area contributed by atoms with Gasteiger partial charge in [-0.05, 0) is 56.9 Å². The van der Waals surface area contributed by atoms with Crippen LogP contribution >= 0.6 is 0 Å². The largest absolute Gasteiger partial charge is 0.547 e. The monoisotopic (exact) mass is 389 g/mol. The van der Waals surface area contributed by atoms with E-state index in [-0.39, 0.29) is 17.2 Å². The zero-order chi connectivity index (χ0) is 20.1. The molecule has 8 nitrogen and oxygen atoms in total. The van der Waals surface area contributed by atoms with E-state index in [1.54, 1.807) is 12.1 Å². The standard InChI is InChI=1S/C19H28BN3O5/c1-21-7-10-23-8-5-13(6-9-23)11-17(24)22-16-12-14-3-2-4-15(19(25)26)18(14)28-20(16)27/h2-4,13,16,21,27H,5-12H2,1H3,(H,22,24)(H,25,26)/t16-/m0/s1. The zero-order valence-electron chi connectivity index (χ0n) is 16.2. The Labute approximate surface area is 165 Å². The first kappa shape index (κ1) is 20.6. The van der Waals surface area contributed by atoms with Crippen molar-refractivity contribution in [2.24, 2.45) is 5.92 Å². The Bertz CT molecular complexity index is 709. The minimum atomic E-state index is -1.26. The SMILES string of the molecule is CNCCN1CCC(CC(=O)N[C@H]2Cc3cccc(C(=O)O)c3OB2O)CC1. The number of carboxylic acid groups (broad SMARTS) is 1. The molecule has 0 aliphatic carbocycles. The number of likely N-dealkylation sites (N-methyl/N-ethyl adjacent to an activating group) is 1. The van der Waals surface area contributed by atoms with Gasteiger partial charge < -0.3 is 30.3 Å². The van der Waals surface area contributed by atoms with Gasteiger partial charge in [0.2, 0.25) is 5.91 Å². The van der Waals surface area contributed by atoms with Crippen LogP contribution in [0.25, 0.3) is 0 Å². The normalized spacial score (nSPS) is 20.4. The molecular weight excluding hydrogens is 361 g/mol. The van der Waals surface area contributed by atoms with Crippen molar-refractivity contribution in [2.75, 3.05) is 33.2 Å². The molecule has 2 aliphatic rings. The number of para-hydroxylation sites is 1. The van der Waals surface area contributed by atoms with Crippen molar-refractivity contribution >= 4 is 19.0 Å². The lowest BCUT2D eigenvalue weighted by Crippen LogP contribution is -2.53. The van der Waals surface area contributed by atoms with Gasteiger partial charge in [-0.1, -0.05) is 12.1 Å². The van der Waals surface area contributed by atoms with Gasteiger partial charge in [-0.3, -0.25) is 4.79 Å². The smallest absolute Gasteiger partial charge is 0.534 e. The van der Waals surface area contributed by atoms with E-state index >= 15 is 0 Å². The summed E-state index contributed by atoms with van der Waals surface area (Å²) in [7, 11) is 0.682. The molecule has 3 rings (SSSR count). The molecular formula is C19H28BN3O5. The minimum Gasteiger partial charge on any atom is -0.534 e. The third kappa shape index (κ3) is 5.04. The maximum absolute atomic E-state index is 12.5.